The highest BCUT2D eigenvalue weighted by molar-refractivity contribution is 5.93. The maximum Gasteiger partial charge on any atom is 0.341 e. The quantitative estimate of drug-likeness (QED) is 0.557. The molecule has 0 amide bonds. The van der Waals surface area contributed by atoms with E-state index in [1.165, 1.54) is 12.3 Å². The zero-order valence-corrected chi connectivity index (χ0v) is 20.7. The van der Waals surface area contributed by atoms with Crippen molar-refractivity contribution in [3.63, 3.8) is 0 Å². The number of carboxylic acids is 1. The number of rotatable bonds is 5. The number of halogens is 1. The van der Waals surface area contributed by atoms with Crippen LogP contribution in [0.4, 0.5) is 21.8 Å². The second-order valence-corrected chi connectivity index (χ2v) is 9.88. The zero-order chi connectivity index (χ0) is 25.7. The van der Waals surface area contributed by atoms with Crippen LogP contribution in [0.3, 0.4) is 0 Å². The van der Waals surface area contributed by atoms with E-state index in [-0.39, 0.29) is 17.0 Å². The third-order valence-electron chi connectivity index (χ3n) is 7.34. The molecular weight excluding hydrogens is 479 g/mol. The Labute approximate surface area is 212 Å². The summed E-state index contributed by atoms with van der Waals surface area (Å²) >= 11 is 0. The minimum atomic E-state index is -1.29. The first-order valence-electron chi connectivity index (χ1n) is 12.7. The average molecular weight is 509 g/mol. The van der Waals surface area contributed by atoms with Crippen LogP contribution >= 0.6 is 0 Å². The van der Waals surface area contributed by atoms with E-state index < -0.39 is 17.2 Å². The summed E-state index contributed by atoms with van der Waals surface area (Å²) in [6, 6.07) is 5.02. The predicted octanol–water partition coefficient (Wildman–Crippen LogP) is 2.44. The van der Waals surface area contributed by atoms with Gasteiger partial charge in [-0.25, -0.2) is 14.2 Å². The van der Waals surface area contributed by atoms with Crippen LogP contribution in [0.1, 0.15) is 34.9 Å². The number of aromatic carboxylic acids is 1. The van der Waals surface area contributed by atoms with Crippen LogP contribution in [0.15, 0.2) is 29.2 Å². The first-order chi connectivity index (χ1) is 17.9. The highest BCUT2D eigenvalue weighted by Gasteiger charge is 2.29. The lowest BCUT2D eigenvalue weighted by Crippen LogP contribution is -2.47. The molecule has 3 aliphatic rings. The van der Waals surface area contributed by atoms with Gasteiger partial charge in [0.25, 0.3) is 0 Å². The summed E-state index contributed by atoms with van der Waals surface area (Å²) in [6.07, 6.45) is 3.22. The lowest BCUT2D eigenvalue weighted by Gasteiger charge is -2.37. The number of aryl methyl sites for hydroxylation is 1. The standard InChI is InChI=1S/C26H29FN6O4/c1-16-12-23(31-8-10-37-11-9-31)29-26(28-16)32-6-4-30(5-7-32)22-14-21-18(13-20(22)27)24(34)19(25(35)36)15-33(21)17-2-3-17/h12-15,17H,2-11H2,1H3,(H,35,36). The van der Waals surface area contributed by atoms with Crippen molar-refractivity contribution >= 4 is 34.3 Å². The Morgan fingerprint density at radius 3 is 2.38 bits per heavy atom. The number of aromatic nitrogens is 3. The van der Waals surface area contributed by atoms with E-state index in [9.17, 15) is 14.7 Å². The van der Waals surface area contributed by atoms with Gasteiger partial charge >= 0.3 is 5.97 Å². The van der Waals surface area contributed by atoms with E-state index in [0.717, 1.165) is 37.4 Å². The van der Waals surface area contributed by atoms with Crippen LogP contribution in [-0.4, -0.2) is 78.1 Å². The Hall–Kier alpha value is -3.73. The fraction of sp³-hybridized carbons (Fsp3) is 0.462. The summed E-state index contributed by atoms with van der Waals surface area (Å²) in [6.45, 7) is 7.29. The first-order valence-corrected chi connectivity index (χ1v) is 12.7. The molecule has 2 aromatic heterocycles. The molecule has 10 nitrogen and oxygen atoms in total. The van der Waals surface area contributed by atoms with Crippen molar-refractivity contribution in [1.29, 1.82) is 0 Å². The molecule has 0 radical (unpaired) electrons. The third-order valence-corrected chi connectivity index (χ3v) is 7.34. The average Bonchev–Trinajstić information content (AvgIpc) is 3.74. The monoisotopic (exact) mass is 508 g/mol. The van der Waals surface area contributed by atoms with Gasteiger partial charge in [0.1, 0.15) is 17.2 Å². The lowest BCUT2D eigenvalue weighted by atomic mass is 10.1. The van der Waals surface area contributed by atoms with Crippen LogP contribution in [0.5, 0.6) is 0 Å². The number of nitrogens with zero attached hydrogens (tertiary/aromatic N) is 6. The number of hydrogen-bond acceptors (Lipinski definition) is 8. The highest BCUT2D eigenvalue weighted by Crippen LogP contribution is 2.38. The molecule has 3 fully saturated rings. The van der Waals surface area contributed by atoms with Crippen LogP contribution in [0.2, 0.25) is 0 Å². The fourth-order valence-corrected chi connectivity index (χ4v) is 5.19. The fourth-order valence-electron chi connectivity index (χ4n) is 5.19. The van der Waals surface area contributed by atoms with E-state index in [2.05, 4.69) is 14.8 Å². The molecule has 2 aliphatic heterocycles. The Morgan fingerprint density at radius 1 is 1.00 bits per heavy atom. The number of fused-ring (bicyclic) bond motifs is 1. The van der Waals surface area contributed by atoms with Crippen molar-refractivity contribution in [2.45, 2.75) is 25.8 Å². The summed E-state index contributed by atoms with van der Waals surface area (Å²) in [4.78, 5) is 40.1. The summed E-state index contributed by atoms with van der Waals surface area (Å²) in [7, 11) is 0. The van der Waals surface area contributed by atoms with Gasteiger partial charge in [-0.1, -0.05) is 0 Å². The Kier molecular flexibility index (Phi) is 5.94. The van der Waals surface area contributed by atoms with Crippen LogP contribution < -0.4 is 20.1 Å². The van der Waals surface area contributed by atoms with E-state index in [4.69, 9.17) is 9.72 Å². The third kappa shape index (κ3) is 4.48. The largest absolute Gasteiger partial charge is 0.477 e. The van der Waals surface area contributed by atoms with Crippen molar-refractivity contribution in [2.75, 3.05) is 67.2 Å². The van der Waals surface area contributed by atoms with Crippen LogP contribution in [0, 0.1) is 12.7 Å². The van der Waals surface area contributed by atoms with Crippen molar-refractivity contribution < 1.29 is 19.0 Å². The van der Waals surface area contributed by atoms with E-state index in [1.54, 1.807) is 6.07 Å². The van der Waals surface area contributed by atoms with Gasteiger partial charge in [-0.05, 0) is 31.9 Å². The van der Waals surface area contributed by atoms with Gasteiger partial charge in [0.05, 0.1) is 24.4 Å². The maximum absolute atomic E-state index is 15.3. The molecule has 2 saturated heterocycles. The topological polar surface area (TPSA) is 104 Å². The number of carboxylic acid groups (broad SMARTS) is 1. The van der Waals surface area contributed by atoms with Gasteiger partial charge in [0.2, 0.25) is 11.4 Å². The zero-order valence-electron chi connectivity index (χ0n) is 20.7. The van der Waals surface area contributed by atoms with Crippen molar-refractivity contribution in [1.82, 2.24) is 14.5 Å². The normalized spacial score (nSPS) is 18.5. The van der Waals surface area contributed by atoms with Crippen molar-refractivity contribution in [3.05, 3.63) is 51.7 Å². The molecule has 1 N–H and O–H groups in total. The number of morpholine rings is 1. The minimum absolute atomic E-state index is 0.107. The van der Waals surface area contributed by atoms with Crippen LogP contribution in [0.25, 0.3) is 10.9 Å². The molecule has 0 atom stereocenters. The molecule has 11 heteroatoms. The smallest absolute Gasteiger partial charge is 0.341 e. The number of piperazine rings is 1. The number of carbonyl (C=O) groups is 1. The molecule has 6 rings (SSSR count). The second kappa shape index (κ2) is 9.29. The lowest BCUT2D eigenvalue weighted by molar-refractivity contribution is 0.0695. The molecule has 194 valence electrons. The van der Waals surface area contributed by atoms with Gasteiger partial charge in [-0.2, -0.15) is 4.98 Å². The number of ether oxygens (including phenoxy) is 1. The molecule has 4 heterocycles. The Morgan fingerprint density at radius 2 is 1.70 bits per heavy atom. The number of pyridine rings is 1. The van der Waals surface area contributed by atoms with E-state index in [0.29, 0.717) is 56.5 Å². The first kappa shape index (κ1) is 23.7. The van der Waals surface area contributed by atoms with Crippen molar-refractivity contribution in [3.8, 4) is 0 Å². The van der Waals surface area contributed by atoms with Crippen molar-refractivity contribution in [2.24, 2.45) is 0 Å². The highest BCUT2D eigenvalue weighted by atomic mass is 19.1. The molecule has 3 aromatic rings. The molecule has 1 saturated carbocycles. The molecule has 1 aliphatic carbocycles. The summed E-state index contributed by atoms with van der Waals surface area (Å²) < 4.78 is 22.6. The maximum atomic E-state index is 15.3. The van der Waals surface area contributed by atoms with Gasteiger partial charge in [0.15, 0.2) is 0 Å². The number of hydrogen-bond donors (Lipinski definition) is 1. The minimum Gasteiger partial charge on any atom is -0.477 e. The SMILES string of the molecule is Cc1cc(N2CCOCC2)nc(N2CCN(c3cc4c(cc3F)c(=O)c(C(=O)O)cn4C3CC3)CC2)n1. The van der Waals surface area contributed by atoms with Crippen LogP contribution in [-0.2, 0) is 4.74 Å². The Balaban J connectivity index is 1.26. The molecule has 37 heavy (non-hydrogen) atoms. The van der Waals surface area contributed by atoms with Gasteiger partial charge in [0, 0.05) is 68.7 Å². The Bertz CT molecular complexity index is 1420. The summed E-state index contributed by atoms with van der Waals surface area (Å²) in [5.41, 5.74) is 0.919. The van der Waals surface area contributed by atoms with E-state index >= 15 is 4.39 Å². The predicted molar refractivity (Wildman–Crippen MR) is 138 cm³/mol. The summed E-state index contributed by atoms with van der Waals surface area (Å²) in [5.74, 6) is -0.252. The second-order valence-electron chi connectivity index (χ2n) is 9.88. The molecule has 0 spiro atoms. The van der Waals surface area contributed by atoms with Gasteiger partial charge in [-0.3, -0.25) is 4.79 Å². The van der Waals surface area contributed by atoms with Gasteiger partial charge in [-0.15, -0.1) is 0 Å². The number of benzene rings is 1. The molecular formula is C26H29FN6O4. The van der Waals surface area contributed by atoms with E-state index in [1.807, 2.05) is 22.5 Å². The number of anilines is 3. The molecule has 1 aromatic carbocycles. The summed E-state index contributed by atoms with van der Waals surface area (Å²) in [5, 5.41) is 9.58. The molecule has 0 unspecified atom stereocenters. The van der Waals surface area contributed by atoms with Gasteiger partial charge < -0.3 is 29.1 Å². The molecule has 0 bridgehead atoms.